The van der Waals surface area contributed by atoms with Gasteiger partial charge in [-0.3, -0.25) is 16.0 Å². The van der Waals surface area contributed by atoms with Gasteiger partial charge < -0.3 is 0 Å². The van der Waals surface area contributed by atoms with E-state index >= 15 is 0 Å². The monoisotopic (exact) mass is 348 g/mol. The van der Waals surface area contributed by atoms with Crippen LogP contribution in [0.2, 0.25) is 0 Å². The fourth-order valence-corrected chi connectivity index (χ4v) is 2.99. The number of hydrogen-bond acceptors (Lipinski definition) is 4. The molecule has 86 valence electrons. The molecule has 0 saturated carbocycles. The van der Waals surface area contributed by atoms with Crippen LogP contribution in [-0.2, 0) is 13.5 Å². The van der Waals surface area contributed by atoms with Crippen molar-refractivity contribution in [2.45, 2.75) is 12.5 Å². The van der Waals surface area contributed by atoms with Gasteiger partial charge >= 0.3 is 0 Å². The summed E-state index contributed by atoms with van der Waals surface area (Å²) in [6.07, 6.45) is 2.75. The molecule has 0 saturated heterocycles. The van der Waals surface area contributed by atoms with E-state index < -0.39 is 0 Å². The van der Waals surface area contributed by atoms with Gasteiger partial charge in [0, 0.05) is 19.7 Å². The smallest absolute Gasteiger partial charge is 0.0656 e. The molecule has 0 aromatic carbocycles. The standard InChI is InChI=1S/C10H13IN4S/c1-15-3-2-8(14-15)5-9(13-12)7-4-10(11)16-6-7/h2-4,6,9,13H,5,12H2,1H3. The van der Waals surface area contributed by atoms with Crippen molar-refractivity contribution >= 4 is 33.9 Å². The van der Waals surface area contributed by atoms with E-state index in [2.05, 4.69) is 44.6 Å². The molecule has 0 bridgehead atoms. The van der Waals surface area contributed by atoms with Gasteiger partial charge in [0.1, 0.15) is 0 Å². The van der Waals surface area contributed by atoms with Gasteiger partial charge in [0.05, 0.1) is 14.6 Å². The van der Waals surface area contributed by atoms with Crippen molar-refractivity contribution in [3.63, 3.8) is 0 Å². The Kier molecular flexibility index (Phi) is 3.95. The van der Waals surface area contributed by atoms with Crippen LogP contribution in [0.15, 0.2) is 23.7 Å². The average molecular weight is 348 g/mol. The van der Waals surface area contributed by atoms with Gasteiger partial charge in [0.15, 0.2) is 0 Å². The number of halogens is 1. The summed E-state index contributed by atoms with van der Waals surface area (Å²) in [5, 5.41) is 6.49. The molecule has 0 aliphatic carbocycles. The van der Waals surface area contributed by atoms with Crippen molar-refractivity contribution < 1.29 is 0 Å². The van der Waals surface area contributed by atoms with Crippen LogP contribution in [-0.4, -0.2) is 9.78 Å². The summed E-state index contributed by atoms with van der Waals surface area (Å²) < 4.78 is 3.08. The number of rotatable bonds is 4. The number of nitrogens with one attached hydrogen (secondary N) is 1. The molecule has 4 nitrogen and oxygen atoms in total. The van der Waals surface area contributed by atoms with Crippen LogP contribution in [0, 0.1) is 2.88 Å². The molecule has 1 atom stereocenters. The van der Waals surface area contributed by atoms with E-state index in [9.17, 15) is 0 Å². The Morgan fingerprint density at radius 3 is 3.00 bits per heavy atom. The Balaban J connectivity index is 2.12. The number of thiophene rings is 1. The van der Waals surface area contributed by atoms with Gasteiger partial charge in [-0.15, -0.1) is 11.3 Å². The van der Waals surface area contributed by atoms with E-state index in [0.29, 0.717) is 0 Å². The van der Waals surface area contributed by atoms with Crippen LogP contribution < -0.4 is 11.3 Å². The summed E-state index contributed by atoms with van der Waals surface area (Å²) in [5.41, 5.74) is 5.12. The zero-order valence-electron chi connectivity index (χ0n) is 8.85. The zero-order chi connectivity index (χ0) is 11.5. The normalized spacial score (nSPS) is 12.9. The predicted octanol–water partition coefficient (Wildman–Crippen LogP) is 1.83. The molecule has 1 unspecified atom stereocenters. The molecule has 0 aliphatic rings. The molecule has 2 rings (SSSR count). The fraction of sp³-hybridized carbons (Fsp3) is 0.300. The highest BCUT2D eigenvalue weighted by Crippen LogP contribution is 2.24. The van der Waals surface area contributed by atoms with Crippen molar-refractivity contribution in [2.75, 3.05) is 0 Å². The molecule has 0 radical (unpaired) electrons. The van der Waals surface area contributed by atoms with Gasteiger partial charge in [-0.1, -0.05) is 0 Å². The largest absolute Gasteiger partial charge is 0.276 e. The van der Waals surface area contributed by atoms with Crippen LogP contribution in [0.1, 0.15) is 17.3 Å². The predicted molar refractivity (Wildman–Crippen MR) is 74.0 cm³/mol. The molecule has 0 spiro atoms. The minimum atomic E-state index is 0.134. The lowest BCUT2D eigenvalue weighted by Gasteiger charge is -2.12. The Morgan fingerprint density at radius 2 is 2.50 bits per heavy atom. The molecule has 0 aliphatic heterocycles. The first-order valence-electron chi connectivity index (χ1n) is 4.87. The van der Waals surface area contributed by atoms with Gasteiger partial charge in [0.2, 0.25) is 0 Å². The number of nitrogens with zero attached hydrogens (tertiary/aromatic N) is 2. The van der Waals surface area contributed by atoms with E-state index in [1.165, 1.54) is 8.45 Å². The Bertz CT molecular complexity index is 465. The Hall–Kier alpha value is -0.440. The molecule has 6 heteroatoms. The molecule has 0 fully saturated rings. The molecule has 2 aromatic heterocycles. The van der Waals surface area contributed by atoms with Gasteiger partial charge in [-0.2, -0.15) is 5.10 Å². The quantitative estimate of drug-likeness (QED) is 0.504. The molecule has 2 heterocycles. The summed E-state index contributed by atoms with van der Waals surface area (Å²) in [6, 6.07) is 4.30. The second-order valence-electron chi connectivity index (χ2n) is 3.59. The lowest BCUT2D eigenvalue weighted by Crippen LogP contribution is -2.29. The minimum absolute atomic E-state index is 0.134. The summed E-state index contributed by atoms with van der Waals surface area (Å²) in [7, 11) is 1.92. The van der Waals surface area contributed by atoms with Crippen molar-refractivity contribution in [1.82, 2.24) is 15.2 Å². The maximum atomic E-state index is 5.59. The molecular weight excluding hydrogens is 335 g/mol. The lowest BCUT2D eigenvalue weighted by molar-refractivity contribution is 0.543. The molecule has 3 N–H and O–H groups in total. The van der Waals surface area contributed by atoms with Crippen LogP contribution in [0.5, 0.6) is 0 Å². The summed E-state index contributed by atoms with van der Waals surface area (Å²) >= 11 is 4.05. The molecule has 16 heavy (non-hydrogen) atoms. The number of hydrazine groups is 1. The highest BCUT2D eigenvalue weighted by molar-refractivity contribution is 14.1. The summed E-state index contributed by atoms with van der Waals surface area (Å²) in [5.74, 6) is 5.59. The van der Waals surface area contributed by atoms with Crippen molar-refractivity contribution in [3.8, 4) is 0 Å². The number of hydrogen-bond donors (Lipinski definition) is 2. The highest BCUT2D eigenvalue weighted by atomic mass is 127. The topological polar surface area (TPSA) is 55.9 Å². The first kappa shape index (κ1) is 12.0. The third kappa shape index (κ3) is 2.82. The minimum Gasteiger partial charge on any atom is -0.276 e. The lowest BCUT2D eigenvalue weighted by atomic mass is 10.1. The van der Waals surface area contributed by atoms with E-state index in [-0.39, 0.29) is 6.04 Å². The van der Waals surface area contributed by atoms with Gasteiger partial charge in [-0.05, 0) is 45.7 Å². The van der Waals surface area contributed by atoms with Crippen LogP contribution in [0.25, 0.3) is 0 Å². The van der Waals surface area contributed by atoms with E-state index in [4.69, 9.17) is 5.84 Å². The fourth-order valence-electron chi connectivity index (χ4n) is 1.56. The summed E-state index contributed by atoms with van der Waals surface area (Å²) in [6.45, 7) is 0. The van der Waals surface area contributed by atoms with Crippen LogP contribution >= 0.6 is 33.9 Å². The average Bonchev–Trinajstić information content (AvgIpc) is 2.84. The summed E-state index contributed by atoms with van der Waals surface area (Å²) in [4.78, 5) is 0. The van der Waals surface area contributed by atoms with Crippen LogP contribution in [0.3, 0.4) is 0 Å². The number of nitrogens with two attached hydrogens (primary N) is 1. The maximum Gasteiger partial charge on any atom is 0.0656 e. The first-order valence-corrected chi connectivity index (χ1v) is 6.83. The maximum absolute atomic E-state index is 5.59. The highest BCUT2D eigenvalue weighted by Gasteiger charge is 2.13. The first-order chi connectivity index (χ1) is 7.69. The van der Waals surface area contributed by atoms with E-state index in [1.807, 2.05) is 19.3 Å². The molecular formula is C10H13IN4S. The molecule has 0 amide bonds. The van der Waals surface area contributed by atoms with Gasteiger partial charge in [-0.25, -0.2) is 0 Å². The van der Waals surface area contributed by atoms with Crippen molar-refractivity contribution in [3.05, 3.63) is 37.9 Å². The number of aryl methyl sites for hydroxylation is 1. The third-order valence-corrected chi connectivity index (χ3v) is 4.18. The van der Waals surface area contributed by atoms with Gasteiger partial charge in [0.25, 0.3) is 0 Å². The second kappa shape index (κ2) is 5.26. The van der Waals surface area contributed by atoms with Crippen LogP contribution in [0.4, 0.5) is 0 Å². The van der Waals surface area contributed by atoms with E-state index in [1.54, 1.807) is 16.0 Å². The number of aromatic nitrogens is 2. The second-order valence-corrected chi connectivity index (χ2v) is 6.39. The Labute approximate surface area is 112 Å². The SMILES string of the molecule is Cn1ccc(CC(NN)c2csc(I)c2)n1. The van der Waals surface area contributed by atoms with E-state index in [0.717, 1.165) is 12.1 Å². The zero-order valence-corrected chi connectivity index (χ0v) is 11.8. The Morgan fingerprint density at radius 1 is 1.69 bits per heavy atom. The molecule has 2 aromatic rings. The van der Waals surface area contributed by atoms with Crippen molar-refractivity contribution in [2.24, 2.45) is 12.9 Å². The third-order valence-electron chi connectivity index (χ3n) is 2.37. The van der Waals surface area contributed by atoms with Crippen molar-refractivity contribution in [1.29, 1.82) is 0 Å².